The van der Waals surface area contributed by atoms with Crippen molar-refractivity contribution in [3.05, 3.63) is 0 Å². The molecule has 0 atom stereocenters. The molecule has 0 spiro atoms. The molecule has 0 unspecified atom stereocenters. The lowest BCUT2D eigenvalue weighted by Crippen LogP contribution is -2.51. The second-order valence-electron chi connectivity index (χ2n) is 4.73. The molecule has 0 aromatic rings. The minimum atomic E-state index is -3.23. The van der Waals surface area contributed by atoms with Crippen LogP contribution < -0.4 is 0 Å². The van der Waals surface area contributed by atoms with Gasteiger partial charge in [0, 0.05) is 54.0 Å². The van der Waals surface area contributed by atoms with E-state index in [1.165, 1.54) is 4.31 Å². The summed E-state index contributed by atoms with van der Waals surface area (Å²) in [5.74, 6) is 0. The first kappa shape index (κ1) is 15.8. The van der Waals surface area contributed by atoms with Crippen molar-refractivity contribution >= 4 is 10.2 Å². The first-order valence-electron chi connectivity index (χ1n) is 6.37. The van der Waals surface area contributed by atoms with Crippen LogP contribution in [0, 0.1) is 0 Å². The molecule has 0 amide bonds. The molecule has 1 rings (SSSR count). The number of piperazine rings is 1. The van der Waals surface area contributed by atoms with E-state index in [-0.39, 0.29) is 0 Å². The SMILES string of the molecule is COCCCCN1CCN(S(=O)(=O)N(C)C)CC1. The zero-order chi connectivity index (χ0) is 13.6. The molecule has 0 aromatic carbocycles. The Kier molecular flexibility index (Phi) is 6.51. The van der Waals surface area contributed by atoms with E-state index in [4.69, 9.17) is 4.74 Å². The van der Waals surface area contributed by atoms with Crippen molar-refractivity contribution in [1.82, 2.24) is 13.5 Å². The molecule has 1 saturated heterocycles. The van der Waals surface area contributed by atoms with Gasteiger partial charge in [-0.2, -0.15) is 17.0 Å². The number of unbranched alkanes of at least 4 members (excludes halogenated alkanes) is 1. The lowest BCUT2D eigenvalue weighted by molar-refractivity contribution is 0.163. The number of nitrogens with zero attached hydrogens (tertiary/aromatic N) is 3. The summed E-state index contributed by atoms with van der Waals surface area (Å²) < 4.78 is 31.7. The molecule has 0 radical (unpaired) electrons. The van der Waals surface area contributed by atoms with E-state index >= 15 is 0 Å². The number of hydrogen-bond acceptors (Lipinski definition) is 4. The van der Waals surface area contributed by atoms with Gasteiger partial charge in [-0.05, 0) is 19.4 Å². The largest absolute Gasteiger partial charge is 0.385 e. The number of ether oxygens (including phenoxy) is 1. The summed E-state index contributed by atoms with van der Waals surface area (Å²) in [5, 5.41) is 0. The van der Waals surface area contributed by atoms with Crippen molar-refractivity contribution in [1.29, 1.82) is 0 Å². The third-order valence-electron chi connectivity index (χ3n) is 3.19. The van der Waals surface area contributed by atoms with Crippen molar-refractivity contribution < 1.29 is 13.2 Å². The lowest BCUT2D eigenvalue weighted by atomic mass is 10.3. The van der Waals surface area contributed by atoms with Crippen LogP contribution in [0.15, 0.2) is 0 Å². The average Bonchev–Trinajstić information content (AvgIpc) is 2.35. The molecule has 0 bridgehead atoms. The molecule has 108 valence electrons. The Morgan fingerprint density at radius 2 is 1.72 bits per heavy atom. The van der Waals surface area contributed by atoms with Gasteiger partial charge in [0.1, 0.15) is 0 Å². The molecule has 1 heterocycles. The van der Waals surface area contributed by atoms with Crippen LogP contribution in [-0.2, 0) is 14.9 Å². The van der Waals surface area contributed by atoms with Crippen LogP contribution in [0.4, 0.5) is 0 Å². The van der Waals surface area contributed by atoms with E-state index in [2.05, 4.69) is 4.90 Å². The molecule has 1 aliphatic heterocycles. The van der Waals surface area contributed by atoms with Gasteiger partial charge >= 0.3 is 0 Å². The van der Waals surface area contributed by atoms with Gasteiger partial charge in [0.2, 0.25) is 0 Å². The maximum Gasteiger partial charge on any atom is 0.281 e. The highest BCUT2D eigenvalue weighted by Gasteiger charge is 2.28. The van der Waals surface area contributed by atoms with Gasteiger partial charge in [-0.1, -0.05) is 0 Å². The van der Waals surface area contributed by atoms with Gasteiger partial charge in [0.25, 0.3) is 10.2 Å². The predicted octanol–water partition coefficient (Wildman–Crippen LogP) is -0.163. The normalized spacial score (nSPS) is 19.6. The Bertz CT molecular complexity index is 324. The van der Waals surface area contributed by atoms with E-state index < -0.39 is 10.2 Å². The van der Waals surface area contributed by atoms with Crippen LogP contribution in [0.3, 0.4) is 0 Å². The van der Waals surface area contributed by atoms with Crippen LogP contribution in [0.5, 0.6) is 0 Å². The minimum absolute atomic E-state index is 0.588. The van der Waals surface area contributed by atoms with E-state index in [1.807, 2.05) is 0 Å². The molecule has 7 heteroatoms. The Morgan fingerprint density at radius 3 is 2.22 bits per heavy atom. The Hall–Kier alpha value is -0.210. The third-order valence-corrected chi connectivity index (χ3v) is 5.13. The molecule has 0 aromatic heterocycles. The lowest BCUT2D eigenvalue weighted by Gasteiger charge is -2.35. The maximum atomic E-state index is 11.9. The molecular weight excluding hydrogens is 254 g/mol. The summed E-state index contributed by atoms with van der Waals surface area (Å²) in [7, 11) is 1.63. The maximum absolute atomic E-state index is 11.9. The standard InChI is InChI=1S/C11H25N3O3S/c1-12(2)18(15,16)14-9-7-13(8-10-14)6-4-5-11-17-3/h4-11H2,1-3H3. The molecule has 0 aliphatic carbocycles. The highest BCUT2D eigenvalue weighted by atomic mass is 32.2. The van der Waals surface area contributed by atoms with Crippen LogP contribution in [0.2, 0.25) is 0 Å². The van der Waals surface area contributed by atoms with Gasteiger partial charge in [-0.25, -0.2) is 0 Å². The third kappa shape index (κ3) is 4.47. The first-order valence-corrected chi connectivity index (χ1v) is 7.77. The van der Waals surface area contributed by atoms with Crippen molar-refractivity contribution in [3.63, 3.8) is 0 Å². The molecular formula is C11H25N3O3S. The fraction of sp³-hybridized carbons (Fsp3) is 1.00. The van der Waals surface area contributed by atoms with Crippen molar-refractivity contribution in [3.8, 4) is 0 Å². The summed E-state index contributed by atoms with van der Waals surface area (Å²) in [6.07, 6.45) is 2.17. The van der Waals surface area contributed by atoms with E-state index in [0.29, 0.717) is 13.1 Å². The van der Waals surface area contributed by atoms with Crippen LogP contribution in [0.1, 0.15) is 12.8 Å². The second kappa shape index (κ2) is 7.40. The van der Waals surface area contributed by atoms with Crippen LogP contribution in [-0.4, -0.2) is 82.5 Å². The summed E-state index contributed by atoms with van der Waals surface area (Å²) >= 11 is 0. The van der Waals surface area contributed by atoms with E-state index in [1.54, 1.807) is 25.5 Å². The van der Waals surface area contributed by atoms with Crippen LogP contribution in [0.25, 0.3) is 0 Å². The van der Waals surface area contributed by atoms with Gasteiger partial charge < -0.3 is 9.64 Å². The Morgan fingerprint density at radius 1 is 1.11 bits per heavy atom. The first-order chi connectivity index (χ1) is 8.48. The fourth-order valence-electron chi connectivity index (χ4n) is 2.00. The molecule has 1 fully saturated rings. The molecule has 0 N–H and O–H groups in total. The van der Waals surface area contributed by atoms with Gasteiger partial charge in [-0.15, -0.1) is 0 Å². The summed E-state index contributed by atoms with van der Waals surface area (Å²) in [4.78, 5) is 2.32. The number of rotatable bonds is 7. The monoisotopic (exact) mass is 279 g/mol. The van der Waals surface area contributed by atoms with Crippen molar-refractivity contribution in [2.75, 3.05) is 60.5 Å². The molecule has 6 nitrogen and oxygen atoms in total. The van der Waals surface area contributed by atoms with Crippen LogP contribution >= 0.6 is 0 Å². The van der Waals surface area contributed by atoms with Crippen molar-refractivity contribution in [2.45, 2.75) is 12.8 Å². The summed E-state index contributed by atoms with van der Waals surface area (Å²) in [6, 6.07) is 0. The molecule has 18 heavy (non-hydrogen) atoms. The number of methoxy groups -OCH3 is 1. The van der Waals surface area contributed by atoms with E-state index in [9.17, 15) is 8.42 Å². The summed E-state index contributed by atoms with van der Waals surface area (Å²) in [6.45, 7) is 4.64. The quantitative estimate of drug-likeness (QED) is 0.608. The predicted molar refractivity (Wildman–Crippen MR) is 71.7 cm³/mol. The summed E-state index contributed by atoms with van der Waals surface area (Å²) in [5.41, 5.74) is 0. The second-order valence-corrected chi connectivity index (χ2v) is 6.87. The molecule has 1 aliphatic rings. The fourth-order valence-corrected chi connectivity index (χ4v) is 3.08. The van der Waals surface area contributed by atoms with Gasteiger partial charge in [0.05, 0.1) is 0 Å². The van der Waals surface area contributed by atoms with Gasteiger partial charge in [-0.3, -0.25) is 0 Å². The highest BCUT2D eigenvalue weighted by molar-refractivity contribution is 7.86. The molecule has 0 saturated carbocycles. The zero-order valence-electron chi connectivity index (χ0n) is 11.6. The zero-order valence-corrected chi connectivity index (χ0v) is 12.4. The topological polar surface area (TPSA) is 53.1 Å². The highest BCUT2D eigenvalue weighted by Crippen LogP contribution is 2.10. The van der Waals surface area contributed by atoms with Crippen molar-refractivity contribution in [2.24, 2.45) is 0 Å². The van der Waals surface area contributed by atoms with Gasteiger partial charge in [0.15, 0.2) is 0 Å². The smallest absolute Gasteiger partial charge is 0.281 e. The van der Waals surface area contributed by atoms with E-state index in [0.717, 1.165) is 39.1 Å². The minimum Gasteiger partial charge on any atom is -0.385 e. The average molecular weight is 279 g/mol. The Labute approximate surface area is 111 Å². The Balaban J connectivity index is 2.29. The number of hydrogen-bond donors (Lipinski definition) is 0.